The summed E-state index contributed by atoms with van der Waals surface area (Å²) in [6.45, 7) is 18.3. The second-order valence-corrected chi connectivity index (χ2v) is 24.1. The van der Waals surface area contributed by atoms with Gasteiger partial charge in [0.2, 0.25) is 11.4 Å². The Kier molecular flexibility index (Phi) is 43.4. The van der Waals surface area contributed by atoms with Crippen molar-refractivity contribution < 1.29 is 19.1 Å². The van der Waals surface area contributed by atoms with Crippen molar-refractivity contribution in [2.75, 3.05) is 0 Å². The van der Waals surface area contributed by atoms with Gasteiger partial charge in [-0.3, -0.25) is 0 Å². The monoisotopic (exact) mass is 1050 g/mol. The van der Waals surface area contributed by atoms with Gasteiger partial charge in [0.1, 0.15) is 0 Å². The molecule has 0 amide bonds. The topological polar surface area (TPSA) is 25.3 Å². The maximum absolute atomic E-state index is 12.4. The molecule has 0 aliphatic carbocycles. The first kappa shape index (κ1) is 67.1. The second kappa shape index (κ2) is 47.2. The van der Waals surface area contributed by atoms with E-state index in [1.54, 1.807) is 4.70 Å². The number of rotatable bonds is 48. The Balaban J connectivity index is 0.000000548. The molecule has 0 aromatic heterocycles. The second-order valence-electron chi connectivity index (χ2n) is 22.6. The van der Waals surface area contributed by atoms with Crippen LogP contribution in [0.3, 0.4) is 0 Å². The Hall–Kier alpha value is -1.99. The predicted molar refractivity (Wildman–Crippen MR) is 325 cm³/mol. The summed E-state index contributed by atoms with van der Waals surface area (Å²) in [6, 6.07) is 14.5. The van der Waals surface area contributed by atoms with Crippen molar-refractivity contribution in [1.29, 1.82) is 0 Å². The molecule has 1 aliphatic rings. The fraction of sp³-hybridized carbons (Fsp3) is 0.771. The first-order valence-electron chi connectivity index (χ1n) is 32.6. The van der Waals surface area contributed by atoms with Gasteiger partial charge in [0.25, 0.3) is 0 Å². The fourth-order valence-corrected chi connectivity index (χ4v) is 12.1. The number of unbranched alkanes of at least 4 members (excludes halogenated alkanes) is 30. The van der Waals surface area contributed by atoms with Crippen LogP contribution < -0.4 is 0 Å². The molecule has 0 unspecified atom stereocenters. The molecule has 3 rings (SSSR count). The molecular formula is C70H122N2Ni. The van der Waals surface area contributed by atoms with Crippen molar-refractivity contribution in [3.63, 3.8) is 0 Å². The van der Waals surface area contributed by atoms with E-state index in [0.29, 0.717) is 0 Å². The van der Waals surface area contributed by atoms with Crippen LogP contribution in [-0.2, 0) is 40.1 Å². The van der Waals surface area contributed by atoms with E-state index >= 15 is 0 Å². The van der Waals surface area contributed by atoms with Gasteiger partial charge in [0.15, 0.2) is 0 Å². The Bertz CT molecular complexity index is 1620. The van der Waals surface area contributed by atoms with Gasteiger partial charge in [-0.2, -0.15) is 0 Å². The quantitative estimate of drug-likeness (QED) is 0.0359. The number of benzene rings is 2. The molecular weight excluding hydrogens is 927 g/mol. The summed E-state index contributed by atoms with van der Waals surface area (Å²) in [6.07, 6.45) is 58.6. The van der Waals surface area contributed by atoms with Crippen molar-refractivity contribution >= 4 is 11.4 Å². The molecule has 3 heteroatoms. The minimum Gasteiger partial charge on any atom is -0.0654 e. The third-order valence-electron chi connectivity index (χ3n) is 15.5. The van der Waals surface area contributed by atoms with Crippen LogP contribution in [0.5, 0.6) is 0 Å². The first-order chi connectivity index (χ1) is 35.9. The van der Waals surface area contributed by atoms with E-state index in [0.717, 1.165) is 62.8 Å². The van der Waals surface area contributed by atoms with Crippen LogP contribution in [-0.4, -0.2) is 4.70 Å². The van der Waals surface area contributed by atoms with Gasteiger partial charge in [-0.1, -0.05) is 132 Å². The molecule has 1 heterocycles. The summed E-state index contributed by atoms with van der Waals surface area (Å²) in [4.78, 5) is 0. The number of allylic oxidation sites excluding steroid dienone is 2. The molecule has 0 saturated carbocycles. The Morgan fingerprint density at radius 1 is 0.274 bits per heavy atom. The Morgan fingerprint density at radius 3 is 0.795 bits per heavy atom. The first-order valence-corrected chi connectivity index (χ1v) is 34.0. The average molecular weight is 1050 g/mol. The normalized spacial score (nSPS) is 12.7. The van der Waals surface area contributed by atoms with Crippen LogP contribution in [0.2, 0.25) is 10.8 Å². The molecule has 0 N–H and O–H groups in total. The molecule has 0 saturated heterocycles. The summed E-state index contributed by atoms with van der Waals surface area (Å²) < 4.78 is 1.64. The zero-order chi connectivity index (χ0) is 52.8. The van der Waals surface area contributed by atoms with Crippen LogP contribution in [0, 0.1) is 0 Å². The third-order valence-corrected chi connectivity index (χ3v) is 16.9. The van der Waals surface area contributed by atoms with Crippen molar-refractivity contribution in [1.82, 2.24) is 0 Å². The Labute approximate surface area is 463 Å². The van der Waals surface area contributed by atoms with E-state index in [4.69, 9.17) is 0 Å². The van der Waals surface area contributed by atoms with E-state index in [1.807, 2.05) is 14.4 Å². The van der Waals surface area contributed by atoms with E-state index in [1.165, 1.54) is 286 Å². The molecule has 2 nitrogen and oxygen atoms in total. The molecule has 73 heavy (non-hydrogen) atoms. The van der Waals surface area contributed by atoms with Crippen LogP contribution in [0.1, 0.15) is 346 Å². The number of aryl methyl sites for hydroxylation is 4. The summed E-state index contributed by atoms with van der Waals surface area (Å²) in [5, 5.41) is 2.87. The van der Waals surface area contributed by atoms with E-state index < -0.39 is 0 Å². The molecule has 2 aromatic carbocycles. The van der Waals surface area contributed by atoms with Crippen LogP contribution in [0.15, 0.2) is 47.5 Å². The van der Waals surface area contributed by atoms with E-state index in [9.17, 15) is 5.53 Å². The molecule has 0 spiro atoms. The average Bonchev–Trinajstić information content (AvgIpc) is 3.68. The van der Waals surface area contributed by atoms with Gasteiger partial charge in [-0.05, 0) is 124 Å². The third kappa shape index (κ3) is 31.1. The summed E-state index contributed by atoms with van der Waals surface area (Å²) in [5.74, 6) is 0. The molecule has 0 bridgehead atoms. The Morgan fingerprint density at radius 2 is 0.507 bits per heavy atom. The summed E-state index contributed by atoms with van der Waals surface area (Å²) in [7, 11) is 0. The summed E-state index contributed by atoms with van der Waals surface area (Å²) in [5.41, 5.74) is 25.4. The number of hydrogen-bond acceptors (Lipinski definition) is 0. The molecule has 0 atom stereocenters. The van der Waals surface area contributed by atoms with Crippen LogP contribution in [0.4, 0.5) is 0 Å². The maximum atomic E-state index is 12.4. The zero-order valence-corrected chi connectivity index (χ0v) is 51.2. The predicted octanol–water partition coefficient (Wildman–Crippen LogP) is 24.7. The van der Waals surface area contributed by atoms with Gasteiger partial charge >= 0.3 is 166 Å². The SMILES string of the molecule is CCCCCCC1=C(c2cc(CCCC)cc(CCCC)c2)[N+](=[N-])C(c2cc(CCCC)cc(CCCC)c2)=C1CCCC.CCCCCCCCCCCCC[CH2][Ni][CH2]CCCCCCCCCCCCC. The van der Waals surface area contributed by atoms with Crippen molar-refractivity contribution in [2.45, 2.75) is 349 Å². The summed E-state index contributed by atoms with van der Waals surface area (Å²) >= 11 is 2.04. The molecule has 1 aliphatic heterocycles. The number of nitrogens with zero attached hydrogens (tertiary/aromatic N) is 2. The van der Waals surface area contributed by atoms with Gasteiger partial charge in [0, 0.05) is 22.3 Å². The van der Waals surface area contributed by atoms with Gasteiger partial charge in [-0.25, -0.2) is 4.70 Å². The number of hydrogen-bond donors (Lipinski definition) is 0. The van der Waals surface area contributed by atoms with Gasteiger partial charge < -0.3 is 5.53 Å². The molecule has 2 aromatic rings. The standard InChI is InChI=1S/C42H64N2.2C14H29.Ni/c1-7-13-19-20-26-40-39(25-18-12-6)41(37-29-33(21-14-8-2)27-34(30-37)22-15-9-3)44(43)42(40)38-31-35(23-16-10-4)28-36(32-38)24-17-11-5;2*1-3-5-7-9-11-13-14-12-10-8-6-4-2;/h27-32H,7-26H2,1-6H3;2*1,3-14H2,2H3;. The molecule has 0 radical (unpaired) electrons. The van der Waals surface area contributed by atoms with Crippen molar-refractivity contribution in [3.05, 3.63) is 86.5 Å². The van der Waals surface area contributed by atoms with Crippen LogP contribution in [0.25, 0.3) is 16.9 Å². The van der Waals surface area contributed by atoms with Crippen LogP contribution >= 0.6 is 0 Å². The molecule has 0 fully saturated rings. The minimum atomic E-state index is 1.03. The zero-order valence-electron chi connectivity index (χ0n) is 50.2. The van der Waals surface area contributed by atoms with Crippen molar-refractivity contribution in [3.8, 4) is 0 Å². The fourth-order valence-electron chi connectivity index (χ4n) is 10.8. The van der Waals surface area contributed by atoms with Crippen molar-refractivity contribution in [2.24, 2.45) is 0 Å². The van der Waals surface area contributed by atoms with E-state index in [-0.39, 0.29) is 0 Å². The smallest absolute Gasteiger partial charge is 0.0654 e. The van der Waals surface area contributed by atoms with E-state index in [2.05, 4.69) is 91.8 Å². The minimum absolute atomic E-state index is 1.03. The van der Waals surface area contributed by atoms with Gasteiger partial charge in [-0.15, -0.1) is 0 Å². The molecule has 422 valence electrons. The van der Waals surface area contributed by atoms with Gasteiger partial charge in [0.05, 0.1) is 0 Å².